The van der Waals surface area contributed by atoms with Crippen molar-refractivity contribution >= 4 is 17.1 Å². The minimum Gasteiger partial charge on any atom is -0.503 e. The van der Waals surface area contributed by atoms with Crippen molar-refractivity contribution < 1.29 is 10.2 Å². The quantitative estimate of drug-likeness (QED) is 0.429. The third-order valence-electron chi connectivity index (χ3n) is 3.49. The van der Waals surface area contributed by atoms with Crippen LogP contribution in [-0.4, -0.2) is 10.2 Å². The van der Waals surface area contributed by atoms with Crippen molar-refractivity contribution in [2.75, 3.05) is 16.8 Å². The monoisotopic (exact) mass is 287 g/mol. The van der Waals surface area contributed by atoms with Crippen molar-refractivity contribution in [3.8, 4) is 11.5 Å². The van der Waals surface area contributed by atoms with Gasteiger partial charge in [-0.05, 0) is 24.1 Å². The molecular weight excluding hydrogens is 266 g/mol. The lowest BCUT2D eigenvalue weighted by atomic mass is 9.97. The molecule has 0 fully saturated rings. The second-order valence-electron chi connectivity index (χ2n) is 4.95. The summed E-state index contributed by atoms with van der Waals surface area (Å²) in [6.45, 7) is 2.46. The molecular formula is C16H21N3O2. The van der Waals surface area contributed by atoms with Crippen LogP contribution in [0.5, 0.6) is 11.5 Å². The van der Waals surface area contributed by atoms with Crippen LogP contribution in [0.1, 0.15) is 24.5 Å². The number of benzene rings is 2. The second kappa shape index (κ2) is 6.26. The van der Waals surface area contributed by atoms with Crippen LogP contribution in [0.2, 0.25) is 0 Å². The van der Waals surface area contributed by atoms with Crippen LogP contribution in [0, 0.1) is 0 Å². The van der Waals surface area contributed by atoms with Gasteiger partial charge in [0.1, 0.15) is 0 Å². The number of aromatic hydroxyl groups is 2. The lowest BCUT2D eigenvalue weighted by molar-refractivity contribution is 0.406. The SMILES string of the molecule is CCCc1c(N)c(O)c(O)c(N)c1CNc1ccccc1. The van der Waals surface area contributed by atoms with Crippen LogP contribution in [0.25, 0.3) is 0 Å². The predicted octanol–water partition coefficient (Wildman–Crippen LogP) is 2.83. The molecule has 7 N–H and O–H groups in total. The van der Waals surface area contributed by atoms with Gasteiger partial charge < -0.3 is 27.0 Å². The van der Waals surface area contributed by atoms with E-state index in [9.17, 15) is 10.2 Å². The Labute approximate surface area is 124 Å². The fourth-order valence-electron chi connectivity index (χ4n) is 2.35. The molecule has 0 aliphatic rings. The maximum atomic E-state index is 9.88. The van der Waals surface area contributed by atoms with E-state index in [4.69, 9.17) is 11.5 Å². The lowest BCUT2D eigenvalue weighted by Crippen LogP contribution is -2.10. The Morgan fingerprint density at radius 1 is 0.952 bits per heavy atom. The zero-order valence-corrected chi connectivity index (χ0v) is 12.1. The van der Waals surface area contributed by atoms with E-state index in [2.05, 4.69) is 5.32 Å². The van der Waals surface area contributed by atoms with Crippen LogP contribution >= 0.6 is 0 Å². The van der Waals surface area contributed by atoms with Gasteiger partial charge in [0.25, 0.3) is 0 Å². The molecule has 112 valence electrons. The first-order valence-electron chi connectivity index (χ1n) is 6.95. The van der Waals surface area contributed by atoms with Crippen LogP contribution in [-0.2, 0) is 13.0 Å². The molecule has 0 aliphatic heterocycles. The summed E-state index contributed by atoms with van der Waals surface area (Å²) < 4.78 is 0. The number of nitrogens with one attached hydrogen (secondary N) is 1. The smallest absolute Gasteiger partial charge is 0.183 e. The maximum absolute atomic E-state index is 9.88. The standard InChI is InChI=1S/C16H21N3O2/c1-2-6-11-12(9-19-10-7-4-3-5-8-10)14(18)16(21)15(20)13(11)17/h3-5,7-8,19-21H,2,6,9,17-18H2,1H3. The Kier molecular flexibility index (Phi) is 4.42. The van der Waals surface area contributed by atoms with Crippen molar-refractivity contribution in [1.82, 2.24) is 0 Å². The molecule has 0 radical (unpaired) electrons. The average molecular weight is 287 g/mol. The first kappa shape index (κ1) is 14.8. The number of hydrogen-bond acceptors (Lipinski definition) is 5. The van der Waals surface area contributed by atoms with Crippen LogP contribution in [0.15, 0.2) is 30.3 Å². The summed E-state index contributed by atoms with van der Waals surface area (Å²) in [5.74, 6) is -0.684. The Morgan fingerprint density at radius 2 is 1.52 bits per heavy atom. The number of phenols is 2. The molecule has 5 nitrogen and oxygen atoms in total. The van der Waals surface area contributed by atoms with Gasteiger partial charge >= 0.3 is 0 Å². The van der Waals surface area contributed by atoms with E-state index >= 15 is 0 Å². The van der Waals surface area contributed by atoms with Gasteiger partial charge in [0.15, 0.2) is 11.5 Å². The Bertz CT molecular complexity index is 627. The molecule has 0 unspecified atom stereocenters. The molecule has 0 saturated heterocycles. The van der Waals surface area contributed by atoms with Gasteiger partial charge in [-0.2, -0.15) is 0 Å². The summed E-state index contributed by atoms with van der Waals surface area (Å²) in [4.78, 5) is 0. The minimum absolute atomic E-state index is 0.175. The molecule has 0 aromatic heterocycles. The molecule has 2 aromatic carbocycles. The van der Waals surface area contributed by atoms with E-state index in [-0.39, 0.29) is 22.9 Å². The Hall–Kier alpha value is -2.56. The summed E-state index contributed by atoms with van der Waals surface area (Å²) in [7, 11) is 0. The summed E-state index contributed by atoms with van der Waals surface area (Å²) in [6.07, 6.45) is 1.56. The number of para-hydroxylation sites is 1. The summed E-state index contributed by atoms with van der Waals surface area (Å²) in [6, 6.07) is 9.69. The fraction of sp³-hybridized carbons (Fsp3) is 0.250. The molecule has 2 rings (SSSR count). The molecule has 0 amide bonds. The summed E-state index contributed by atoms with van der Waals surface area (Å²) in [5.41, 5.74) is 14.7. The molecule has 21 heavy (non-hydrogen) atoms. The van der Waals surface area contributed by atoms with E-state index in [1.165, 1.54) is 0 Å². The highest BCUT2D eigenvalue weighted by Gasteiger charge is 2.19. The van der Waals surface area contributed by atoms with Gasteiger partial charge in [-0.1, -0.05) is 31.5 Å². The van der Waals surface area contributed by atoms with Crippen LogP contribution in [0.4, 0.5) is 17.1 Å². The molecule has 0 bridgehead atoms. The van der Waals surface area contributed by atoms with Crippen molar-refractivity contribution in [2.45, 2.75) is 26.3 Å². The predicted molar refractivity (Wildman–Crippen MR) is 86.4 cm³/mol. The lowest BCUT2D eigenvalue weighted by Gasteiger charge is -2.18. The maximum Gasteiger partial charge on any atom is 0.183 e. The fourth-order valence-corrected chi connectivity index (χ4v) is 2.35. The molecule has 0 heterocycles. The normalized spacial score (nSPS) is 10.5. The zero-order chi connectivity index (χ0) is 15.4. The van der Waals surface area contributed by atoms with Crippen molar-refractivity contribution in [2.24, 2.45) is 0 Å². The van der Waals surface area contributed by atoms with Crippen LogP contribution < -0.4 is 16.8 Å². The number of rotatable bonds is 5. The van der Waals surface area contributed by atoms with Crippen molar-refractivity contribution in [3.05, 3.63) is 41.5 Å². The minimum atomic E-state index is -0.350. The molecule has 0 atom stereocenters. The highest BCUT2D eigenvalue weighted by Crippen LogP contribution is 2.43. The second-order valence-corrected chi connectivity index (χ2v) is 4.95. The van der Waals surface area contributed by atoms with E-state index in [1.54, 1.807) is 0 Å². The van der Waals surface area contributed by atoms with Gasteiger partial charge in [0.05, 0.1) is 11.4 Å². The van der Waals surface area contributed by atoms with Gasteiger partial charge in [-0.3, -0.25) is 0 Å². The first-order chi connectivity index (χ1) is 10.1. The number of nitrogen functional groups attached to an aromatic ring is 2. The highest BCUT2D eigenvalue weighted by atomic mass is 16.3. The average Bonchev–Trinajstić information content (AvgIpc) is 2.51. The number of hydrogen-bond donors (Lipinski definition) is 5. The first-order valence-corrected chi connectivity index (χ1v) is 6.95. The van der Waals surface area contributed by atoms with E-state index in [0.29, 0.717) is 13.0 Å². The largest absolute Gasteiger partial charge is 0.503 e. The van der Waals surface area contributed by atoms with E-state index in [0.717, 1.165) is 23.2 Å². The summed E-state index contributed by atoms with van der Waals surface area (Å²) in [5, 5.41) is 23.0. The van der Waals surface area contributed by atoms with Gasteiger partial charge in [-0.25, -0.2) is 0 Å². The van der Waals surface area contributed by atoms with Gasteiger partial charge in [0, 0.05) is 17.8 Å². The molecule has 0 aliphatic carbocycles. The van der Waals surface area contributed by atoms with E-state index in [1.807, 2.05) is 37.3 Å². The zero-order valence-electron chi connectivity index (χ0n) is 12.1. The topological polar surface area (TPSA) is 105 Å². The number of nitrogens with two attached hydrogens (primary N) is 2. The van der Waals surface area contributed by atoms with Gasteiger partial charge in [0.2, 0.25) is 0 Å². The molecule has 0 spiro atoms. The Morgan fingerprint density at radius 3 is 2.10 bits per heavy atom. The highest BCUT2D eigenvalue weighted by molar-refractivity contribution is 5.77. The third kappa shape index (κ3) is 2.97. The van der Waals surface area contributed by atoms with Crippen molar-refractivity contribution in [1.29, 1.82) is 0 Å². The number of anilines is 3. The van der Waals surface area contributed by atoms with Crippen molar-refractivity contribution in [3.63, 3.8) is 0 Å². The molecule has 2 aromatic rings. The summed E-state index contributed by atoms with van der Waals surface area (Å²) >= 11 is 0. The molecule has 5 heteroatoms. The third-order valence-corrected chi connectivity index (χ3v) is 3.49. The van der Waals surface area contributed by atoms with Crippen LogP contribution in [0.3, 0.4) is 0 Å². The number of phenolic OH excluding ortho intramolecular Hbond substituents is 2. The Balaban J connectivity index is 2.37. The molecule has 0 saturated carbocycles. The van der Waals surface area contributed by atoms with E-state index < -0.39 is 0 Å². The van der Waals surface area contributed by atoms with Gasteiger partial charge in [-0.15, -0.1) is 0 Å².